The summed E-state index contributed by atoms with van der Waals surface area (Å²) < 4.78 is 4.35. The van der Waals surface area contributed by atoms with Gasteiger partial charge in [-0.2, -0.15) is 0 Å². The van der Waals surface area contributed by atoms with Crippen molar-refractivity contribution in [1.82, 2.24) is 0 Å². The Balaban J connectivity index is 2.81. The second kappa shape index (κ2) is 5.26. The highest BCUT2D eigenvalue weighted by molar-refractivity contribution is 7.34. The maximum atomic E-state index is 8.08. The molecule has 0 aliphatic carbocycles. The molecule has 0 spiro atoms. The quantitative estimate of drug-likeness (QED) is 0.241. The summed E-state index contributed by atoms with van der Waals surface area (Å²) in [7, 11) is -1.54. The van der Waals surface area contributed by atoms with Crippen LogP contribution in [0.4, 0.5) is 0 Å². The van der Waals surface area contributed by atoms with Crippen molar-refractivity contribution in [2.24, 2.45) is 0 Å². The molecular formula is C3H8BO3P. The first-order chi connectivity index (χ1) is 3.77. The van der Waals surface area contributed by atoms with Crippen LogP contribution in [0.2, 0.25) is 0 Å². The average molecular weight is 134 g/mol. The van der Waals surface area contributed by atoms with E-state index < -0.39 is 7.32 Å². The molecule has 46 valence electrons. The van der Waals surface area contributed by atoms with Crippen molar-refractivity contribution in [2.75, 3.05) is 6.16 Å². The van der Waals surface area contributed by atoms with Gasteiger partial charge in [-0.15, -0.1) is 6.58 Å². The lowest BCUT2D eigenvalue weighted by atomic mass is 10.3. The second-order valence-corrected chi connectivity index (χ2v) is 2.01. The van der Waals surface area contributed by atoms with Crippen LogP contribution in [0.1, 0.15) is 0 Å². The Morgan fingerprint density at radius 3 is 2.75 bits per heavy atom. The fraction of sp³-hybridized carbons (Fsp3) is 0.333. The minimum absolute atomic E-state index is 0.0945. The molecule has 0 saturated heterocycles. The van der Waals surface area contributed by atoms with Crippen LogP contribution in [0, 0.1) is 0 Å². The molecule has 0 aromatic carbocycles. The van der Waals surface area contributed by atoms with Gasteiger partial charge in [0.15, 0.2) is 0 Å². The molecule has 2 N–H and O–H groups in total. The molecule has 0 heterocycles. The Morgan fingerprint density at radius 2 is 2.38 bits per heavy atom. The number of hydrogen-bond donors (Lipinski definition) is 2. The topological polar surface area (TPSA) is 49.7 Å². The highest BCUT2D eigenvalue weighted by Gasteiger charge is 2.05. The Morgan fingerprint density at radius 1 is 1.75 bits per heavy atom. The van der Waals surface area contributed by atoms with Gasteiger partial charge in [0.2, 0.25) is 0 Å². The third-order valence-electron chi connectivity index (χ3n) is 0.416. The minimum Gasteiger partial charge on any atom is -0.402 e. The molecule has 1 unspecified atom stereocenters. The van der Waals surface area contributed by atoms with Gasteiger partial charge in [0, 0.05) is 15.0 Å². The molecule has 3 nitrogen and oxygen atoms in total. The Hall–Kier alpha value is 0.115. The van der Waals surface area contributed by atoms with Crippen molar-refractivity contribution in [3.8, 4) is 0 Å². The van der Waals surface area contributed by atoms with Crippen LogP contribution in [0.25, 0.3) is 0 Å². The van der Waals surface area contributed by atoms with E-state index in [0.717, 1.165) is 0 Å². The molecule has 1 atom stereocenters. The Bertz CT molecular complexity index is 67.5. The number of rotatable bonds is 4. The first kappa shape index (κ1) is 8.11. The van der Waals surface area contributed by atoms with E-state index in [2.05, 4.69) is 11.0 Å². The molecule has 0 aliphatic heterocycles. The van der Waals surface area contributed by atoms with E-state index in [1.807, 2.05) is 0 Å². The van der Waals surface area contributed by atoms with Crippen molar-refractivity contribution >= 4 is 16.1 Å². The monoisotopic (exact) mass is 134 g/mol. The highest BCUT2D eigenvalue weighted by Crippen LogP contribution is 2.10. The summed E-state index contributed by atoms with van der Waals surface area (Å²) in [6, 6.07) is 0. The van der Waals surface area contributed by atoms with Gasteiger partial charge in [0.05, 0.1) is 0 Å². The Labute approximate surface area is 50.4 Å². The summed E-state index contributed by atoms with van der Waals surface area (Å²) in [5, 5.41) is 16.2. The summed E-state index contributed by atoms with van der Waals surface area (Å²) >= 11 is 0. The largest absolute Gasteiger partial charge is 0.637 e. The molecule has 0 radical (unpaired) electrons. The molecule has 8 heavy (non-hydrogen) atoms. The van der Waals surface area contributed by atoms with Crippen molar-refractivity contribution in [3.63, 3.8) is 0 Å². The maximum Gasteiger partial charge on any atom is 0.637 e. The van der Waals surface area contributed by atoms with Crippen LogP contribution in [-0.4, -0.2) is 23.5 Å². The lowest BCUT2D eigenvalue weighted by Gasteiger charge is -1.96. The van der Waals surface area contributed by atoms with Crippen molar-refractivity contribution in [2.45, 2.75) is 0 Å². The van der Waals surface area contributed by atoms with E-state index in [1.165, 1.54) is 0 Å². The zero-order valence-electron chi connectivity index (χ0n) is 4.37. The van der Waals surface area contributed by atoms with E-state index in [9.17, 15) is 0 Å². The second-order valence-electron chi connectivity index (χ2n) is 1.08. The molecule has 0 fully saturated rings. The van der Waals surface area contributed by atoms with Crippen LogP contribution in [-0.2, 0) is 4.44 Å². The minimum atomic E-state index is -1.63. The van der Waals surface area contributed by atoms with Crippen LogP contribution >= 0.6 is 8.81 Å². The summed E-state index contributed by atoms with van der Waals surface area (Å²) in [6.45, 7) is 3.42. The smallest absolute Gasteiger partial charge is 0.402 e. The van der Waals surface area contributed by atoms with Gasteiger partial charge < -0.3 is 14.5 Å². The van der Waals surface area contributed by atoms with Crippen LogP contribution in [0.5, 0.6) is 0 Å². The summed E-state index contributed by atoms with van der Waals surface area (Å²) in [4.78, 5) is 0. The van der Waals surface area contributed by atoms with Gasteiger partial charge >= 0.3 is 7.32 Å². The van der Waals surface area contributed by atoms with Crippen molar-refractivity contribution in [3.05, 3.63) is 12.7 Å². The van der Waals surface area contributed by atoms with E-state index >= 15 is 0 Å². The first-order valence-corrected chi connectivity index (χ1v) is 3.24. The SMILES string of the molecule is C=CCPOB(O)O. The van der Waals surface area contributed by atoms with Gasteiger partial charge in [-0.05, 0) is 0 Å². The van der Waals surface area contributed by atoms with Crippen LogP contribution in [0.15, 0.2) is 12.7 Å². The number of allylic oxidation sites excluding steroid dienone is 1. The van der Waals surface area contributed by atoms with E-state index in [0.29, 0.717) is 6.16 Å². The van der Waals surface area contributed by atoms with E-state index in [4.69, 9.17) is 10.0 Å². The molecule has 0 aromatic rings. The third kappa shape index (κ3) is 6.11. The normalized spacial score (nSPS) is 10.2. The predicted octanol–water partition coefficient (Wildman–Crippen LogP) is -0.248. The maximum absolute atomic E-state index is 8.08. The molecule has 0 amide bonds. The Kier molecular flexibility index (Phi) is 5.33. The number of hydrogen-bond acceptors (Lipinski definition) is 3. The lowest BCUT2D eigenvalue weighted by Crippen LogP contribution is -2.11. The van der Waals surface area contributed by atoms with Gasteiger partial charge in [-0.1, -0.05) is 6.08 Å². The molecule has 0 aliphatic rings. The fourth-order valence-corrected chi connectivity index (χ4v) is 0.545. The van der Waals surface area contributed by atoms with Gasteiger partial charge in [0.1, 0.15) is 0 Å². The molecule has 5 heteroatoms. The summed E-state index contributed by atoms with van der Waals surface area (Å²) in [6.07, 6.45) is 2.32. The first-order valence-electron chi connectivity index (χ1n) is 2.13. The summed E-state index contributed by atoms with van der Waals surface area (Å²) in [5.41, 5.74) is 0. The van der Waals surface area contributed by atoms with Gasteiger partial charge in [-0.25, -0.2) is 0 Å². The highest BCUT2D eigenvalue weighted by atomic mass is 31.1. The van der Waals surface area contributed by atoms with Gasteiger partial charge in [-0.3, -0.25) is 0 Å². The molecule has 0 aromatic heterocycles. The van der Waals surface area contributed by atoms with Crippen molar-refractivity contribution < 1.29 is 14.5 Å². The lowest BCUT2D eigenvalue weighted by molar-refractivity contribution is 0.304. The van der Waals surface area contributed by atoms with Crippen LogP contribution < -0.4 is 0 Å². The van der Waals surface area contributed by atoms with E-state index in [-0.39, 0.29) is 8.81 Å². The third-order valence-corrected chi connectivity index (χ3v) is 1.25. The van der Waals surface area contributed by atoms with Crippen molar-refractivity contribution in [1.29, 1.82) is 0 Å². The standard InChI is InChI=1S/C3H8BO3P/c1-2-3-8-7-4(5)6/h2,5-6,8H,1,3H2. The summed E-state index contributed by atoms with van der Waals surface area (Å²) in [5.74, 6) is 0. The van der Waals surface area contributed by atoms with Gasteiger partial charge in [0.25, 0.3) is 0 Å². The van der Waals surface area contributed by atoms with E-state index in [1.54, 1.807) is 6.08 Å². The fourth-order valence-electron chi connectivity index (χ4n) is 0.182. The molecule has 0 bridgehead atoms. The molecule has 0 rings (SSSR count). The zero-order valence-corrected chi connectivity index (χ0v) is 5.37. The zero-order chi connectivity index (χ0) is 6.41. The molecule has 0 saturated carbocycles. The predicted molar refractivity (Wildman–Crippen MR) is 34.7 cm³/mol. The van der Waals surface area contributed by atoms with Crippen LogP contribution in [0.3, 0.4) is 0 Å². The average Bonchev–Trinajstić information content (AvgIpc) is 1.66. The molecular weight excluding hydrogens is 126 g/mol.